The molecule has 0 radical (unpaired) electrons. The number of nitrogens with one attached hydrogen (secondary N) is 1. The van der Waals surface area contributed by atoms with Crippen LogP contribution < -0.4 is 20.9 Å². The zero-order chi connectivity index (χ0) is 31.5. The number of unbranched alkanes of at least 4 members (excludes halogenated alkanes) is 1. The summed E-state index contributed by atoms with van der Waals surface area (Å²) >= 11 is 0. The predicted octanol–water partition coefficient (Wildman–Crippen LogP) is 3.49. The number of esters is 1. The summed E-state index contributed by atoms with van der Waals surface area (Å²) < 4.78 is 18.1. The smallest absolute Gasteiger partial charge is 0.327 e. The van der Waals surface area contributed by atoms with Crippen LogP contribution in [-0.4, -0.2) is 94.4 Å². The number of anilines is 1. The van der Waals surface area contributed by atoms with Gasteiger partial charge in [-0.15, -0.1) is 0 Å². The zero-order valence-electron chi connectivity index (χ0n) is 26.7. The molecule has 12 heteroatoms. The molecule has 0 aliphatic carbocycles. The third-order valence-electron chi connectivity index (χ3n) is 8.01. The molecule has 1 fully saturated rings. The van der Waals surface area contributed by atoms with Gasteiger partial charge in [0.1, 0.15) is 17.9 Å². The number of ether oxygens (including phenoxy) is 3. The highest BCUT2D eigenvalue weighted by Gasteiger charge is 2.25. The Hall–Kier alpha value is -3.64. The quantitative estimate of drug-likeness (QED) is 0.172. The molecule has 1 aliphatic heterocycles. The number of imidazole rings is 1. The summed E-state index contributed by atoms with van der Waals surface area (Å²) in [7, 11) is 1.40. The van der Waals surface area contributed by atoms with Gasteiger partial charge in [0, 0.05) is 32.2 Å². The normalized spacial score (nSPS) is 14.5. The van der Waals surface area contributed by atoms with Crippen LogP contribution in [0.1, 0.15) is 58.4 Å². The molecule has 4 rings (SSSR count). The van der Waals surface area contributed by atoms with Gasteiger partial charge in [0.15, 0.2) is 11.5 Å². The second-order valence-corrected chi connectivity index (χ2v) is 11.9. The summed E-state index contributed by atoms with van der Waals surface area (Å²) in [6.07, 6.45) is 5.15. The maximum absolute atomic E-state index is 12.8. The van der Waals surface area contributed by atoms with Gasteiger partial charge in [0.05, 0.1) is 20.1 Å². The van der Waals surface area contributed by atoms with E-state index in [9.17, 15) is 9.59 Å². The second-order valence-electron chi connectivity index (χ2n) is 11.9. The zero-order valence-corrected chi connectivity index (χ0v) is 26.7. The molecule has 2 aromatic heterocycles. The molecule has 3 aromatic rings. The first-order valence-electron chi connectivity index (χ1n) is 15.9. The van der Waals surface area contributed by atoms with Crippen molar-refractivity contribution in [2.75, 3.05) is 58.8 Å². The number of aromatic amines is 1. The number of nitrogen functional groups attached to an aromatic ring is 1. The minimum absolute atomic E-state index is 0.210. The number of aromatic nitrogens is 4. The number of hydrogen-bond donors (Lipinski definition) is 2. The first kappa shape index (κ1) is 33.3. The number of carbonyl (C=O) groups excluding carboxylic acids is 1. The van der Waals surface area contributed by atoms with Crippen LogP contribution in [0.15, 0.2) is 29.1 Å². The average molecular weight is 612 g/mol. The van der Waals surface area contributed by atoms with Crippen LogP contribution in [-0.2, 0) is 22.5 Å². The van der Waals surface area contributed by atoms with E-state index in [2.05, 4.69) is 45.5 Å². The number of nitrogens with two attached hydrogens (primary N) is 1. The summed E-state index contributed by atoms with van der Waals surface area (Å²) in [5.41, 5.74) is 7.73. The van der Waals surface area contributed by atoms with Crippen molar-refractivity contribution in [2.24, 2.45) is 5.92 Å². The molecule has 44 heavy (non-hydrogen) atoms. The van der Waals surface area contributed by atoms with Gasteiger partial charge in [-0.3, -0.25) is 19.2 Å². The van der Waals surface area contributed by atoms with Gasteiger partial charge >= 0.3 is 17.7 Å². The fourth-order valence-electron chi connectivity index (χ4n) is 5.72. The van der Waals surface area contributed by atoms with Crippen LogP contribution in [0.4, 0.5) is 5.82 Å². The number of rotatable bonds is 17. The summed E-state index contributed by atoms with van der Waals surface area (Å²) in [5, 5.41) is 0. The Bertz CT molecular complexity index is 1400. The molecule has 1 saturated heterocycles. The van der Waals surface area contributed by atoms with E-state index in [1.807, 2.05) is 24.3 Å². The highest BCUT2D eigenvalue weighted by Crippen LogP contribution is 2.21. The minimum atomic E-state index is -0.259. The summed E-state index contributed by atoms with van der Waals surface area (Å²) in [4.78, 5) is 41.0. The van der Waals surface area contributed by atoms with Crippen molar-refractivity contribution in [1.29, 1.82) is 0 Å². The molecular weight excluding hydrogens is 562 g/mol. The van der Waals surface area contributed by atoms with Gasteiger partial charge in [0.2, 0.25) is 0 Å². The van der Waals surface area contributed by atoms with E-state index in [4.69, 9.17) is 19.9 Å². The fourth-order valence-corrected chi connectivity index (χ4v) is 5.72. The molecule has 3 N–H and O–H groups in total. The van der Waals surface area contributed by atoms with Crippen molar-refractivity contribution in [3.05, 3.63) is 40.3 Å². The van der Waals surface area contributed by atoms with Gasteiger partial charge in [-0.1, -0.05) is 39.3 Å². The first-order chi connectivity index (χ1) is 21.3. The van der Waals surface area contributed by atoms with Crippen molar-refractivity contribution in [2.45, 2.75) is 71.9 Å². The Morgan fingerprint density at radius 1 is 1.14 bits per heavy atom. The lowest BCUT2D eigenvalue weighted by Gasteiger charge is -2.39. The number of methoxy groups -OCH3 is 1. The van der Waals surface area contributed by atoms with Gasteiger partial charge < -0.3 is 24.9 Å². The molecule has 0 atom stereocenters. The summed E-state index contributed by atoms with van der Waals surface area (Å²) in [5.74, 6) is 1.28. The number of aryl methyl sites for hydroxylation is 1. The van der Waals surface area contributed by atoms with E-state index in [1.165, 1.54) is 7.11 Å². The molecule has 0 bridgehead atoms. The third kappa shape index (κ3) is 9.43. The van der Waals surface area contributed by atoms with Crippen molar-refractivity contribution < 1.29 is 19.0 Å². The number of H-pyrrole nitrogens is 1. The monoisotopic (exact) mass is 611 g/mol. The van der Waals surface area contributed by atoms with Crippen LogP contribution in [0.2, 0.25) is 0 Å². The van der Waals surface area contributed by atoms with Crippen molar-refractivity contribution in [3.8, 4) is 11.8 Å². The number of fused-ring (bicyclic) bond motifs is 1. The second kappa shape index (κ2) is 16.4. The van der Waals surface area contributed by atoms with Crippen molar-refractivity contribution in [1.82, 2.24) is 29.3 Å². The third-order valence-corrected chi connectivity index (χ3v) is 8.01. The average Bonchev–Trinajstić information content (AvgIpc) is 3.32. The van der Waals surface area contributed by atoms with E-state index >= 15 is 0 Å². The Kier molecular flexibility index (Phi) is 12.4. The van der Waals surface area contributed by atoms with E-state index in [1.54, 1.807) is 4.57 Å². The van der Waals surface area contributed by atoms with Crippen LogP contribution >= 0.6 is 0 Å². The maximum atomic E-state index is 12.8. The topological polar surface area (TPSA) is 141 Å². The molecular formula is C32H49N7O5. The Morgan fingerprint density at radius 2 is 1.93 bits per heavy atom. The molecule has 3 heterocycles. The molecule has 12 nitrogen and oxygen atoms in total. The van der Waals surface area contributed by atoms with Crippen LogP contribution in [0.3, 0.4) is 0 Å². The molecule has 1 aliphatic rings. The largest absolute Gasteiger partial charge is 0.492 e. The standard InChI is InChI=1S/C32H49N7O5/c1-5-6-18-44-31-35-29(33)28-30(36-31)39(32(41)34-28)14-8-13-38(22-23(2)3)25-11-15-37(16-12-25)17-19-43-26-10-7-9-24(20-26)21-27(40)42-4/h7,9-10,20,23,25H,5-6,8,11-19,21-22H2,1-4H3,(H,34,41)(H2,33,35,36). The van der Waals surface area contributed by atoms with E-state index in [0.717, 1.165) is 76.1 Å². The molecule has 242 valence electrons. The molecule has 0 unspecified atom stereocenters. The lowest BCUT2D eigenvalue weighted by molar-refractivity contribution is -0.139. The highest BCUT2D eigenvalue weighted by atomic mass is 16.5. The van der Waals surface area contributed by atoms with Crippen molar-refractivity contribution in [3.63, 3.8) is 0 Å². The molecule has 1 aromatic carbocycles. The molecule has 0 saturated carbocycles. The Balaban J connectivity index is 1.27. The van der Waals surface area contributed by atoms with Gasteiger partial charge in [0.25, 0.3) is 0 Å². The maximum Gasteiger partial charge on any atom is 0.327 e. The minimum Gasteiger partial charge on any atom is -0.492 e. The SMILES string of the molecule is CCCCOc1nc(N)c2[nH]c(=O)n(CCCN(CC(C)C)C3CCN(CCOc4cccc(CC(=O)OC)c4)CC3)c2n1. The van der Waals surface area contributed by atoms with Crippen LogP contribution in [0.5, 0.6) is 11.8 Å². The van der Waals surface area contributed by atoms with E-state index in [0.29, 0.717) is 42.9 Å². The van der Waals surface area contributed by atoms with Gasteiger partial charge in [-0.2, -0.15) is 9.97 Å². The predicted molar refractivity (Wildman–Crippen MR) is 171 cm³/mol. The number of nitrogens with zero attached hydrogens (tertiary/aromatic N) is 5. The summed E-state index contributed by atoms with van der Waals surface area (Å²) in [6.45, 7) is 13.1. The van der Waals surface area contributed by atoms with Gasteiger partial charge in [-0.25, -0.2) is 4.79 Å². The first-order valence-corrected chi connectivity index (χ1v) is 15.9. The van der Waals surface area contributed by atoms with Crippen LogP contribution in [0.25, 0.3) is 11.2 Å². The molecule has 0 spiro atoms. The Labute approximate surface area is 259 Å². The fraction of sp³-hybridized carbons (Fsp3) is 0.625. The lowest BCUT2D eigenvalue weighted by Crippen LogP contribution is -2.47. The Morgan fingerprint density at radius 3 is 2.66 bits per heavy atom. The van der Waals surface area contributed by atoms with E-state index < -0.39 is 0 Å². The number of benzene rings is 1. The number of likely N-dealkylation sites (tertiary alicyclic amines) is 1. The number of hydrogen-bond acceptors (Lipinski definition) is 10. The number of piperidine rings is 1. The van der Waals surface area contributed by atoms with Gasteiger partial charge in [-0.05, 0) is 62.4 Å². The molecule has 0 amide bonds. The number of carbonyl (C=O) groups is 1. The summed E-state index contributed by atoms with van der Waals surface area (Å²) in [6, 6.07) is 8.34. The van der Waals surface area contributed by atoms with Crippen LogP contribution in [0, 0.1) is 5.92 Å². The highest BCUT2D eigenvalue weighted by molar-refractivity contribution is 5.81. The van der Waals surface area contributed by atoms with Crippen molar-refractivity contribution >= 4 is 23.0 Å². The van der Waals surface area contributed by atoms with E-state index in [-0.39, 0.29) is 29.9 Å². The lowest BCUT2D eigenvalue weighted by atomic mass is 10.0.